The normalized spacial score (nSPS) is 22.2. The zero-order valence-electron chi connectivity index (χ0n) is 10.5. The molecule has 1 saturated heterocycles. The van der Waals surface area contributed by atoms with Crippen molar-refractivity contribution >= 4 is 5.97 Å². The number of aliphatic carboxylic acids is 1. The Balaban J connectivity index is 2.40. The van der Waals surface area contributed by atoms with Crippen LogP contribution in [0.15, 0.2) is 0 Å². The van der Waals surface area contributed by atoms with Crippen LogP contribution in [0.4, 0.5) is 0 Å². The summed E-state index contributed by atoms with van der Waals surface area (Å²) in [4.78, 5) is 10.8. The molecule has 94 valence electrons. The lowest BCUT2D eigenvalue weighted by atomic mass is 9.86. The Labute approximate surface area is 97.8 Å². The zero-order chi connectivity index (χ0) is 12.2. The highest BCUT2D eigenvalue weighted by Gasteiger charge is 2.39. The molecule has 4 nitrogen and oxygen atoms in total. The van der Waals surface area contributed by atoms with Gasteiger partial charge in [-0.05, 0) is 19.3 Å². The molecule has 0 spiro atoms. The highest BCUT2D eigenvalue weighted by atomic mass is 16.4. The number of nitrogens with one attached hydrogen (secondary N) is 2. The van der Waals surface area contributed by atoms with Crippen LogP contribution in [0.3, 0.4) is 0 Å². The Bertz CT molecular complexity index is 239. The molecule has 0 aromatic heterocycles. The Morgan fingerprint density at radius 3 is 2.50 bits per heavy atom. The predicted octanol–water partition coefficient (Wildman–Crippen LogP) is 1.22. The van der Waals surface area contributed by atoms with Crippen LogP contribution in [0.2, 0.25) is 0 Å². The third-order valence-corrected chi connectivity index (χ3v) is 3.42. The van der Waals surface area contributed by atoms with E-state index in [1.54, 1.807) is 0 Å². The minimum atomic E-state index is -0.718. The third-order valence-electron chi connectivity index (χ3n) is 3.42. The summed E-state index contributed by atoms with van der Waals surface area (Å²) in [5, 5.41) is 15.5. The second-order valence-corrected chi connectivity index (χ2v) is 5.25. The largest absolute Gasteiger partial charge is 0.481 e. The van der Waals surface area contributed by atoms with E-state index in [0.717, 1.165) is 19.5 Å². The summed E-state index contributed by atoms with van der Waals surface area (Å²) in [7, 11) is 0. The molecule has 0 bridgehead atoms. The molecular formula is C12H24N2O2. The molecule has 2 atom stereocenters. The number of carboxylic acids is 1. The van der Waals surface area contributed by atoms with Crippen LogP contribution in [0.1, 0.15) is 40.0 Å². The molecular weight excluding hydrogens is 204 g/mol. The maximum Gasteiger partial charge on any atom is 0.305 e. The summed E-state index contributed by atoms with van der Waals surface area (Å²) < 4.78 is 0. The average molecular weight is 228 g/mol. The van der Waals surface area contributed by atoms with Crippen molar-refractivity contribution in [3.05, 3.63) is 0 Å². The van der Waals surface area contributed by atoms with E-state index >= 15 is 0 Å². The van der Waals surface area contributed by atoms with E-state index in [0.29, 0.717) is 12.0 Å². The molecule has 0 radical (unpaired) electrons. The number of rotatable bonds is 7. The van der Waals surface area contributed by atoms with E-state index in [9.17, 15) is 4.79 Å². The summed E-state index contributed by atoms with van der Waals surface area (Å²) in [6.45, 7) is 8.11. The van der Waals surface area contributed by atoms with Gasteiger partial charge in [0.05, 0.1) is 12.0 Å². The summed E-state index contributed by atoms with van der Waals surface area (Å²) in [6, 6.07) is 0.386. The topological polar surface area (TPSA) is 61.4 Å². The van der Waals surface area contributed by atoms with Crippen LogP contribution in [0, 0.1) is 5.92 Å². The monoisotopic (exact) mass is 228 g/mol. The van der Waals surface area contributed by atoms with Crippen molar-refractivity contribution in [3.63, 3.8) is 0 Å². The van der Waals surface area contributed by atoms with E-state index in [-0.39, 0.29) is 12.0 Å². The standard InChI is InChI=1S/C12H24N2O2/c1-4-9(2)5-10(3)14-12(6-11(15)16)7-13-8-12/h9-10,13-14H,4-8H2,1-3H3,(H,15,16). The Morgan fingerprint density at radius 2 is 2.12 bits per heavy atom. The number of carbonyl (C=O) groups is 1. The zero-order valence-corrected chi connectivity index (χ0v) is 10.5. The fourth-order valence-electron chi connectivity index (χ4n) is 2.35. The van der Waals surface area contributed by atoms with Gasteiger partial charge in [0.2, 0.25) is 0 Å². The van der Waals surface area contributed by atoms with Crippen molar-refractivity contribution in [3.8, 4) is 0 Å². The van der Waals surface area contributed by atoms with E-state index in [4.69, 9.17) is 5.11 Å². The van der Waals surface area contributed by atoms with Gasteiger partial charge in [0.1, 0.15) is 0 Å². The summed E-state index contributed by atoms with van der Waals surface area (Å²) >= 11 is 0. The Hall–Kier alpha value is -0.610. The van der Waals surface area contributed by atoms with Crippen molar-refractivity contribution in [1.82, 2.24) is 10.6 Å². The molecule has 0 amide bonds. The first-order valence-electron chi connectivity index (χ1n) is 6.17. The minimum Gasteiger partial charge on any atom is -0.481 e. The highest BCUT2D eigenvalue weighted by molar-refractivity contribution is 5.68. The highest BCUT2D eigenvalue weighted by Crippen LogP contribution is 2.19. The van der Waals surface area contributed by atoms with Crippen molar-refractivity contribution in [2.45, 2.75) is 51.6 Å². The summed E-state index contributed by atoms with van der Waals surface area (Å²) in [5.74, 6) is -0.0258. The van der Waals surface area contributed by atoms with Gasteiger partial charge < -0.3 is 15.7 Å². The molecule has 1 aliphatic heterocycles. The molecule has 1 heterocycles. The average Bonchev–Trinajstić information content (AvgIpc) is 2.13. The number of hydrogen-bond acceptors (Lipinski definition) is 3. The smallest absolute Gasteiger partial charge is 0.305 e. The van der Waals surface area contributed by atoms with Gasteiger partial charge in [-0.2, -0.15) is 0 Å². The van der Waals surface area contributed by atoms with E-state index in [1.165, 1.54) is 6.42 Å². The summed E-state index contributed by atoms with van der Waals surface area (Å²) in [5.41, 5.74) is -0.210. The van der Waals surface area contributed by atoms with Gasteiger partial charge in [0.25, 0.3) is 0 Å². The lowest BCUT2D eigenvalue weighted by Crippen LogP contribution is -2.70. The van der Waals surface area contributed by atoms with Crippen molar-refractivity contribution in [1.29, 1.82) is 0 Å². The van der Waals surface area contributed by atoms with Crippen LogP contribution in [-0.4, -0.2) is 35.7 Å². The van der Waals surface area contributed by atoms with Gasteiger partial charge in [-0.3, -0.25) is 4.79 Å². The van der Waals surface area contributed by atoms with Crippen molar-refractivity contribution in [2.24, 2.45) is 5.92 Å². The van der Waals surface area contributed by atoms with Gasteiger partial charge >= 0.3 is 5.97 Å². The Morgan fingerprint density at radius 1 is 1.50 bits per heavy atom. The molecule has 4 heteroatoms. The van der Waals surface area contributed by atoms with Gasteiger partial charge in [0, 0.05) is 19.1 Å². The second-order valence-electron chi connectivity index (χ2n) is 5.25. The molecule has 3 N–H and O–H groups in total. The van der Waals surface area contributed by atoms with Gasteiger partial charge in [-0.25, -0.2) is 0 Å². The molecule has 1 aliphatic rings. The van der Waals surface area contributed by atoms with Crippen molar-refractivity contribution in [2.75, 3.05) is 13.1 Å². The van der Waals surface area contributed by atoms with Gasteiger partial charge in [0.15, 0.2) is 0 Å². The summed E-state index contributed by atoms with van der Waals surface area (Å²) in [6.07, 6.45) is 2.50. The number of hydrogen-bond donors (Lipinski definition) is 3. The fourth-order valence-corrected chi connectivity index (χ4v) is 2.35. The van der Waals surface area contributed by atoms with Crippen LogP contribution in [-0.2, 0) is 4.79 Å². The second kappa shape index (κ2) is 5.64. The van der Waals surface area contributed by atoms with E-state index in [1.807, 2.05) is 0 Å². The first-order chi connectivity index (χ1) is 7.47. The van der Waals surface area contributed by atoms with Crippen LogP contribution < -0.4 is 10.6 Å². The van der Waals surface area contributed by atoms with E-state index < -0.39 is 5.97 Å². The maximum atomic E-state index is 10.8. The molecule has 0 aliphatic carbocycles. The molecule has 2 unspecified atom stereocenters. The molecule has 16 heavy (non-hydrogen) atoms. The molecule has 0 aromatic carbocycles. The fraction of sp³-hybridized carbons (Fsp3) is 0.917. The molecule has 0 saturated carbocycles. The van der Waals surface area contributed by atoms with Crippen LogP contribution in [0.25, 0.3) is 0 Å². The van der Waals surface area contributed by atoms with Gasteiger partial charge in [-0.1, -0.05) is 20.3 Å². The quantitative estimate of drug-likeness (QED) is 0.613. The first kappa shape index (κ1) is 13.5. The SMILES string of the molecule is CCC(C)CC(C)NC1(CC(=O)O)CNC1. The van der Waals surface area contributed by atoms with Crippen LogP contribution in [0.5, 0.6) is 0 Å². The minimum absolute atomic E-state index is 0.210. The molecule has 1 fully saturated rings. The van der Waals surface area contributed by atoms with E-state index in [2.05, 4.69) is 31.4 Å². The lowest BCUT2D eigenvalue weighted by molar-refractivity contribution is -0.139. The van der Waals surface area contributed by atoms with Gasteiger partial charge in [-0.15, -0.1) is 0 Å². The lowest BCUT2D eigenvalue weighted by Gasteiger charge is -2.44. The maximum absolute atomic E-state index is 10.8. The first-order valence-corrected chi connectivity index (χ1v) is 6.17. The number of carboxylic acid groups (broad SMARTS) is 1. The van der Waals surface area contributed by atoms with Crippen molar-refractivity contribution < 1.29 is 9.90 Å². The van der Waals surface area contributed by atoms with Crippen LogP contribution >= 0.6 is 0 Å². The predicted molar refractivity (Wildman–Crippen MR) is 64.5 cm³/mol. The molecule has 0 aromatic rings. The Kier molecular flexibility index (Phi) is 4.74. The third kappa shape index (κ3) is 3.76. The molecule has 1 rings (SSSR count).